The van der Waals surface area contributed by atoms with Crippen LogP contribution in [0, 0.1) is 12.3 Å². The van der Waals surface area contributed by atoms with E-state index in [1.54, 1.807) is 0 Å². The Morgan fingerprint density at radius 2 is 2.20 bits per heavy atom. The second-order valence-electron chi connectivity index (χ2n) is 5.93. The summed E-state index contributed by atoms with van der Waals surface area (Å²) >= 11 is 3.46. The number of aryl methyl sites for hydroxylation is 2. The number of fused-ring (bicyclic) bond motifs is 2. The molecule has 0 amide bonds. The van der Waals surface area contributed by atoms with Gasteiger partial charge in [-0.1, -0.05) is 27.2 Å². The van der Waals surface area contributed by atoms with Gasteiger partial charge in [0.2, 0.25) is 0 Å². The predicted molar refractivity (Wildman–Crippen MR) is 77.9 cm³/mol. The normalized spacial score (nSPS) is 24.0. The van der Waals surface area contributed by atoms with Crippen LogP contribution < -0.4 is 0 Å². The van der Waals surface area contributed by atoms with Crippen molar-refractivity contribution >= 4 is 21.7 Å². The summed E-state index contributed by atoms with van der Waals surface area (Å²) < 4.78 is 6.25. The van der Waals surface area contributed by atoms with E-state index in [4.69, 9.17) is 4.52 Å². The predicted octanol–water partition coefficient (Wildman–Crippen LogP) is 3.66. The van der Waals surface area contributed by atoms with Crippen LogP contribution in [-0.4, -0.2) is 10.9 Å². The summed E-state index contributed by atoms with van der Waals surface area (Å²) in [6, 6.07) is 6.05. The molecule has 0 N–H and O–H groups in total. The summed E-state index contributed by atoms with van der Waals surface area (Å²) in [6.07, 6.45) is 3.33. The lowest BCUT2D eigenvalue weighted by Crippen LogP contribution is -2.34. The molecule has 1 spiro atoms. The molecule has 3 nitrogen and oxygen atoms in total. The van der Waals surface area contributed by atoms with E-state index in [-0.39, 0.29) is 5.41 Å². The number of nitrogens with zero attached hydrogens (tertiary/aromatic N) is 1. The lowest BCUT2D eigenvalue weighted by molar-refractivity contribution is 0.0793. The number of aromatic nitrogens is 1. The Kier molecular flexibility index (Phi) is 2.49. The number of carbonyl (C=O) groups excluding carboxylic acids is 1. The van der Waals surface area contributed by atoms with Gasteiger partial charge in [0.15, 0.2) is 5.78 Å². The molecule has 2 aliphatic carbocycles. The number of halogens is 1. The van der Waals surface area contributed by atoms with Gasteiger partial charge in [-0.2, -0.15) is 0 Å². The molecule has 0 aliphatic heterocycles. The van der Waals surface area contributed by atoms with Gasteiger partial charge in [0.05, 0.1) is 5.69 Å². The molecule has 0 radical (unpaired) electrons. The van der Waals surface area contributed by atoms with Gasteiger partial charge in [-0.3, -0.25) is 4.79 Å². The van der Waals surface area contributed by atoms with Crippen molar-refractivity contribution in [1.82, 2.24) is 5.16 Å². The first-order valence-corrected chi connectivity index (χ1v) is 7.66. The molecular weight excluding hydrogens is 318 g/mol. The van der Waals surface area contributed by atoms with E-state index in [1.165, 1.54) is 5.56 Å². The fourth-order valence-corrected chi connectivity index (χ4v) is 3.99. The maximum Gasteiger partial charge on any atom is 0.169 e. The Hall–Kier alpha value is -1.42. The number of ketones is 1. The number of hydrogen-bond acceptors (Lipinski definition) is 3. The van der Waals surface area contributed by atoms with Gasteiger partial charge < -0.3 is 4.52 Å². The fourth-order valence-electron chi connectivity index (χ4n) is 3.63. The second kappa shape index (κ2) is 4.04. The summed E-state index contributed by atoms with van der Waals surface area (Å²) in [5, 5.41) is 4.11. The number of carbonyl (C=O) groups is 1. The molecule has 1 atom stereocenters. The van der Waals surface area contributed by atoms with Crippen LogP contribution in [-0.2, 0) is 19.3 Å². The van der Waals surface area contributed by atoms with Crippen LogP contribution in [0.3, 0.4) is 0 Å². The molecule has 2 aliphatic rings. The molecule has 4 heteroatoms. The van der Waals surface area contributed by atoms with E-state index in [9.17, 15) is 4.79 Å². The monoisotopic (exact) mass is 331 g/mol. The number of rotatable bonds is 0. The van der Waals surface area contributed by atoms with Crippen LogP contribution in [0.4, 0.5) is 0 Å². The summed E-state index contributed by atoms with van der Waals surface area (Å²) in [7, 11) is 0. The minimum atomic E-state index is -0.271. The lowest BCUT2D eigenvalue weighted by atomic mass is 9.70. The Bertz CT molecular complexity index is 734. The largest absolute Gasteiger partial charge is 0.361 e. The molecule has 1 heterocycles. The molecular formula is C16H14BrNO2. The highest BCUT2D eigenvalue weighted by Gasteiger charge is 2.48. The van der Waals surface area contributed by atoms with E-state index in [0.717, 1.165) is 52.7 Å². The SMILES string of the molecule is Cc1onc2c1CC1(CC2)Cc2ccc(Br)cc2C1=O. The second-order valence-corrected chi connectivity index (χ2v) is 6.84. The summed E-state index contributed by atoms with van der Waals surface area (Å²) in [4.78, 5) is 12.9. The zero-order valence-electron chi connectivity index (χ0n) is 11.2. The molecule has 1 aromatic heterocycles. The average Bonchev–Trinajstić information content (AvgIpc) is 2.92. The molecule has 1 unspecified atom stereocenters. The first-order valence-electron chi connectivity index (χ1n) is 6.86. The molecule has 0 saturated carbocycles. The molecule has 0 fully saturated rings. The summed E-state index contributed by atoms with van der Waals surface area (Å²) in [5.41, 5.74) is 3.98. The zero-order chi connectivity index (χ0) is 13.9. The number of Topliss-reactive ketones (excluding diaryl/α,β-unsaturated/α-hetero) is 1. The van der Waals surface area contributed by atoms with Gasteiger partial charge >= 0.3 is 0 Å². The average molecular weight is 332 g/mol. The number of hydrogen-bond donors (Lipinski definition) is 0. The molecule has 0 bridgehead atoms. The van der Waals surface area contributed by atoms with E-state index < -0.39 is 0 Å². The minimum Gasteiger partial charge on any atom is -0.361 e. The Morgan fingerprint density at radius 3 is 3.05 bits per heavy atom. The van der Waals surface area contributed by atoms with E-state index in [0.29, 0.717) is 5.78 Å². The third kappa shape index (κ3) is 1.57. The van der Waals surface area contributed by atoms with Crippen molar-refractivity contribution in [3.05, 3.63) is 50.8 Å². The topological polar surface area (TPSA) is 43.1 Å². The molecule has 102 valence electrons. The summed E-state index contributed by atoms with van der Waals surface area (Å²) in [5.74, 6) is 1.16. The smallest absolute Gasteiger partial charge is 0.169 e. The quantitative estimate of drug-likeness (QED) is 0.739. The Morgan fingerprint density at radius 1 is 1.35 bits per heavy atom. The van der Waals surface area contributed by atoms with Crippen LogP contribution in [0.5, 0.6) is 0 Å². The zero-order valence-corrected chi connectivity index (χ0v) is 12.8. The van der Waals surface area contributed by atoms with E-state index >= 15 is 0 Å². The molecule has 1 aromatic carbocycles. The maximum absolute atomic E-state index is 12.9. The van der Waals surface area contributed by atoms with Crippen molar-refractivity contribution in [1.29, 1.82) is 0 Å². The molecule has 20 heavy (non-hydrogen) atoms. The Labute approximate surface area is 125 Å². The fraction of sp³-hybridized carbons (Fsp3) is 0.375. The van der Waals surface area contributed by atoms with Crippen LogP contribution in [0.15, 0.2) is 27.2 Å². The lowest BCUT2D eigenvalue weighted by Gasteiger charge is -2.30. The highest BCUT2D eigenvalue weighted by molar-refractivity contribution is 9.10. The van der Waals surface area contributed by atoms with E-state index in [2.05, 4.69) is 27.2 Å². The van der Waals surface area contributed by atoms with Gasteiger partial charge in [0.25, 0.3) is 0 Å². The van der Waals surface area contributed by atoms with Crippen molar-refractivity contribution in [2.24, 2.45) is 5.41 Å². The van der Waals surface area contributed by atoms with Crippen LogP contribution in [0.2, 0.25) is 0 Å². The van der Waals surface area contributed by atoms with Gasteiger partial charge in [0, 0.05) is 21.0 Å². The highest BCUT2D eigenvalue weighted by atomic mass is 79.9. The number of benzene rings is 1. The van der Waals surface area contributed by atoms with E-state index in [1.807, 2.05) is 19.1 Å². The van der Waals surface area contributed by atoms with Crippen LogP contribution >= 0.6 is 15.9 Å². The Balaban J connectivity index is 1.78. The van der Waals surface area contributed by atoms with Crippen molar-refractivity contribution in [2.75, 3.05) is 0 Å². The van der Waals surface area contributed by atoms with Gasteiger partial charge in [-0.05, 0) is 50.3 Å². The van der Waals surface area contributed by atoms with Crippen LogP contribution in [0.1, 0.15) is 39.4 Å². The van der Waals surface area contributed by atoms with Crippen molar-refractivity contribution in [2.45, 2.75) is 32.6 Å². The molecule has 0 saturated heterocycles. The third-order valence-corrected chi connectivity index (χ3v) is 5.24. The first kappa shape index (κ1) is 12.3. The van der Waals surface area contributed by atoms with Crippen LogP contribution in [0.25, 0.3) is 0 Å². The minimum absolute atomic E-state index is 0.271. The van der Waals surface area contributed by atoms with Crippen molar-refractivity contribution in [3.63, 3.8) is 0 Å². The van der Waals surface area contributed by atoms with Crippen molar-refractivity contribution < 1.29 is 9.32 Å². The standard InChI is InChI=1S/C16H14BrNO2/c1-9-13-8-16(5-4-14(13)18-20-9)7-10-2-3-11(17)6-12(10)15(16)19/h2-3,6H,4-5,7-8H2,1H3. The third-order valence-electron chi connectivity index (χ3n) is 4.75. The first-order chi connectivity index (χ1) is 9.59. The molecule has 2 aromatic rings. The highest BCUT2D eigenvalue weighted by Crippen LogP contribution is 2.47. The molecule has 4 rings (SSSR count). The van der Waals surface area contributed by atoms with Gasteiger partial charge in [-0.15, -0.1) is 0 Å². The maximum atomic E-state index is 12.9. The summed E-state index contributed by atoms with van der Waals surface area (Å²) in [6.45, 7) is 1.94. The van der Waals surface area contributed by atoms with Gasteiger partial charge in [0.1, 0.15) is 5.76 Å². The van der Waals surface area contributed by atoms with Crippen molar-refractivity contribution in [3.8, 4) is 0 Å². The van der Waals surface area contributed by atoms with Gasteiger partial charge in [-0.25, -0.2) is 0 Å².